The first kappa shape index (κ1) is 14.5. The summed E-state index contributed by atoms with van der Waals surface area (Å²) in [6.45, 7) is 7.44. The molecule has 0 saturated carbocycles. The summed E-state index contributed by atoms with van der Waals surface area (Å²) in [6.07, 6.45) is -0.437. The van der Waals surface area contributed by atoms with Crippen molar-refractivity contribution in [3.05, 3.63) is 35.9 Å². The molecule has 0 aromatic heterocycles. The first-order valence-electron chi connectivity index (χ1n) is 7.02. The maximum absolute atomic E-state index is 10.1. The molecule has 0 aliphatic carbocycles. The van der Waals surface area contributed by atoms with Crippen LogP contribution in [-0.2, 0) is 4.74 Å². The van der Waals surface area contributed by atoms with Gasteiger partial charge in [-0.25, -0.2) is 0 Å². The van der Waals surface area contributed by atoms with Crippen LogP contribution < -0.4 is 5.32 Å². The highest BCUT2D eigenvalue weighted by atomic mass is 16.5. The smallest absolute Gasteiger partial charge is 0.0914 e. The number of rotatable bonds is 6. The van der Waals surface area contributed by atoms with Crippen molar-refractivity contribution in [2.24, 2.45) is 0 Å². The lowest BCUT2D eigenvalue weighted by molar-refractivity contribution is 0.0336. The van der Waals surface area contributed by atoms with Gasteiger partial charge in [0.2, 0.25) is 0 Å². The minimum atomic E-state index is -0.437. The molecular weight excluding hydrogens is 240 g/mol. The number of aliphatic hydroxyl groups excluding tert-OH is 1. The highest BCUT2D eigenvalue weighted by Crippen LogP contribution is 2.10. The Bertz CT molecular complexity index is 352. The van der Waals surface area contributed by atoms with Crippen LogP contribution in [0.25, 0.3) is 0 Å². The van der Waals surface area contributed by atoms with Gasteiger partial charge in [-0.05, 0) is 12.5 Å². The van der Waals surface area contributed by atoms with Crippen molar-refractivity contribution in [3.63, 3.8) is 0 Å². The van der Waals surface area contributed by atoms with Crippen LogP contribution in [0.5, 0.6) is 0 Å². The van der Waals surface area contributed by atoms with Crippen molar-refractivity contribution in [3.8, 4) is 0 Å². The van der Waals surface area contributed by atoms with Crippen LogP contribution in [0, 0.1) is 0 Å². The van der Waals surface area contributed by atoms with Gasteiger partial charge in [-0.15, -0.1) is 0 Å². The van der Waals surface area contributed by atoms with Crippen LogP contribution in [0.15, 0.2) is 30.3 Å². The molecule has 19 heavy (non-hydrogen) atoms. The summed E-state index contributed by atoms with van der Waals surface area (Å²) in [5, 5.41) is 13.5. The van der Waals surface area contributed by atoms with Crippen LogP contribution in [0.3, 0.4) is 0 Å². The van der Waals surface area contributed by atoms with E-state index in [4.69, 9.17) is 4.74 Å². The van der Waals surface area contributed by atoms with Crippen molar-refractivity contribution >= 4 is 0 Å². The number of nitrogens with one attached hydrogen (secondary N) is 1. The van der Waals surface area contributed by atoms with E-state index in [1.165, 1.54) is 0 Å². The minimum absolute atomic E-state index is 0.372. The summed E-state index contributed by atoms with van der Waals surface area (Å²) in [6, 6.07) is 10.2. The zero-order valence-electron chi connectivity index (χ0n) is 11.6. The van der Waals surface area contributed by atoms with E-state index < -0.39 is 6.10 Å². The maximum atomic E-state index is 10.1. The summed E-state index contributed by atoms with van der Waals surface area (Å²) in [4.78, 5) is 2.40. The minimum Gasteiger partial charge on any atom is -0.387 e. The number of ether oxygens (including phenoxy) is 1. The fourth-order valence-corrected chi connectivity index (χ4v) is 2.34. The second-order valence-electron chi connectivity index (χ2n) is 5.15. The Kier molecular flexibility index (Phi) is 5.79. The molecule has 1 aromatic rings. The summed E-state index contributed by atoms with van der Waals surface area (Å²) >= 11 is 0. The fraction of sp³-hybridized carbons (Fsp3) is 0.600. The molecule has 4 heteroatoms. The molecule has 1 saturated heterocycles. The SMILES string of the molecule is CC(CN1CCOCC1)NCC(O)c1ccccc1. The Balaban J connectivity index is 1.69. The average molecular weight is 264 g/mol. The molecule has 1 aliphatic heterocycles. The lowest BCUT2D eigenvalue weighted by atomic mass is 10.1. The fourth-order valence-electron chi connectivity index (χ4n) is 2.34. The number of aliphatic hydroxyl groups is 1. The van der Waals surface area contributed by atoms with E-state index in [0.717, 1.165) is 38.4 Å². The molecule has 0 spiro atoms. The van der Waals surface area contributed by atoms with E-state index in [-0.39, 0.29) is 0 Å². The van der Waals surface area contributed by atoms with Gasteiger partial charge in [0, 0.05) is 32.2 Å². The first-order valence-corrected chi connectivity index (χ1v) is 7.02. The summed E-state index contributed by atoms with van der Waals surface area (Å²) in [5.74, 6) is 0. The van der Waals surface area contributed by atoms with Crippen LogP contribution >= 0.6 is 0 Å². The van der Waals surface area contributed by atoms with Crippen molar-refractivity contribution in [2.45, 2.75) is 19.1 Å². The van der Waals surface area contributed by atoms with Gasteiger partial charge in [0.25, 0.3) is 0 Å². The number of hydrogen-bond acceptors (Lipinski definition) is 4. The van der Waals surface area contributed by atoms with Gasteiger partial charge in [0.1, 0.15) is 0 Å². The Hall–Kier alpha value is -0.940. The molecule has 1 heterocycles. The second-order valence-corrected chi connectivity index (χ2v) is 5.15. The zero-order chi connectivity index (χ0) is 13.5. The summed E-state index contributed by atoms with van der Waals surface area (Å²) in [7, 11) is 0. The van der Waals surface area contributed by atoms with E-state index in [2.05, 4.69) is 17.1 Å². The normalized spacial score (nSPS) is 20.1. The van der Waals surface area contributed by atoms with Crippen LogP contribution in [0.2, 0.25) is 0 Å². The second kappa shape index (κ2) is 7.60. The van der Waals surface area contributed by atoms with Crippen LogP contribution in [0.4, 0.5) is 0 Å². The van der Waals surface area contributed by atoms with Gasteiger partial charge in [-0.3, -0.25) is 4.90 Å². The highest BCUT2D eigenvalue weighted by molar-refractivity contribution is 5.17. The molecule has 2 N–H and O–H groups in total. The van der Waals surface area contributed by atoms with E-state index in [0.29, 0.717) is 12.6 Å². The predicted molar refractivity (Wildman–Crippen MR) is 76.1 cm³/mol. The maximum Gasteiger partial charge on any atom is 0.0914 e. The predicted octanol–water partition coefficient (Wildman–Crippen LogP) is 1.03. The van der Waals surface area contributed by atoms with Gasteiger partial charge in [0.05, 0.1) is 19.3 Å². The molecule has 1 aliphatic rings. The van der Waals surface area contributed by atoms with Crippen LogP contribution in [-0.4, -0.2) is 55.4 Å². The molecule has 0 radical (unpaired) electrons. The molecule has 1 aromatic carbocycles. The highest BCUT2D eigenvalue weighted by Gasteiger charge is 2.14. The molecule has 106 valence electrons. The van der Waals surface area contributed by atoms with Gasteiger partial charge < -0.3 is 15.2 Å². The summed E-state index contributed by atoms with van der Waals surface area (Å²) < 4.78 is 5.34. The Labute approximate surface area is 115 Å². The number of nitrogens with zero attached hydrogens (tertiary/aromatic N) is 1. The largest absolute Gasteiger partial charge is 0.387 e. The number of morpholine rings is 1. The van der Waals surface area contributed by atoms with Crippen molar-refractivity contribution in [1.82, 2.24) is 10.2 Å². The Morgan fingerprint density at radius 1 is 1.26 bits per heavy atom. The zero-order valence-corrected chi connectivity index (χ0v) is 11.6. The first-order chi connectivity index (χ1) is 9.25. The Morgan fingerprint density at radius 3 is 2.63 bits per heavy atom. The topological polar surface area (TPSA) is 44.7 Å². The molecule has 2 rings (SSSR count). The molecule has 0 amide bonds. The van der Waals surface area contributed by atoms with Gasteiger partial charge >= 0.3 is 0 Å². The van der Waals surface area contributed by atoms with Gasteiger partial charge in [0.15, 0.2) is 0 Å². The van der Waals surface area contributed by atoms with E-state index >= 15 is 0 Å². The average Bonchev–Trinajstić information content (AvgIpc) is 2.47. The van der Waals surface area contributed by atoms with E-state index in [1.807, 2.05) is 30.3 Å². The van der Waals surface area contributed by atoms with Crippen molar-refractivity contribution in [2.75, 3.05) is 39.4 Å². The van der Waals surface area contributed by atoms with Gasteiger partial charge in [-0.2, -0.15) is 0 Å². The van der Waals surface area contributed by atoms with Gasteiger partial charge in [-0.1, -0.05) is 30.3 Å². The van der Waals surface area contributed by atoms with E-state index in [1.54, 1.807) is 0 Å². The molecule has 2 atom stereocenters. The quantitative estimate of drug-likeness (QED) is 0.805. The monoisotopic (exact) mass is 264 g/mol. The molecule has 1 fully saturated rings. The van der Waals surface area contributed by atoms with E-state index in [9.17, 15) is 5.11 Å². The lowest BCUT2D eigenvalue weighted by Gasteiger charge is -2.29. The third kappa shape index (κ3) is 4.91. The van der Waals surface area contributed by atoms with Crippen LogP contribution in [0.1, 0.15) is 18.6 Å². The molecule has 4 nitrogen and oxygen atoms in total. The third-order valence-electron chi connectivity index (χ3n) is 3.48. The van der Waals surface area contributed by atoms with Crippen molar-refractivity contribution in [1.29, 1.82) is 0 Å². The molecule has 0 bridgehead atoms. The standard InChI is InChI=1S/C15H24N2O2/c1-13(12-17-7-9-19-10-8-17)16-11-15(18)14-5-3-2-4-6-14/h2-6,13,15-16,18H,7-12H2,1H3. The summed E-state index contributed by atoms with van der Waals surface area (Å²) in [5.41, 5.74) is 0.966. The lowest BCUT2D eigenvalue weighted by Crippen LogP contribution is -2.45. The molecule has 2 unspecified atom stereocenters. The Morgan fingerprint density at radius 2 is 1.95 bits per heavy atom. The molecular formula is C15H24N2O2. The number of benzene rings is 1. The van der Waals surface area contributed by atoms with Crippen molar-refractivity contribution < 1.29 is 9.84 Å². The number of hydrogen-bond donors (Lipinski definition) is 2. The third-order valence-corrected chi connectivity index (χ3v) is 3.48.